The van der Waals surface area contributed by atoms with Crippen LogP contribution in [0.3, 0.4) is 0 Å². The summed E-state index contributed by atoms with van der Waals surface area (Å²) in [6, 6.07) is 21.2. The van der Waals surface area contributed by atoms with Gasteiger partial charge in [0.2, 0.25) is 5.91 Å². The number of halogens is 1. The van der Waals surface area contributed by atoms with Crippen LogP contribution in [0.5, 0.6) is 0 Å². The van der Waals surface area contributed by atoms with Crippen LogP contribution in [0, 0.1) is 5.92 Å². The molecule has 168 valence electrons. The molecule has 2 aromatic rings. The van der Waals surface area contributed by atoms with Crippen molar-refractivity contribution in [1.29, 1.82) is 0 Å². The SMILES string of the molecule is CN=C(NCCCNC(=O)C1CCC1)NCC(Cc1ccccc1)c1ccccc1.I. The lowest BCUT2D eigenvalue weighted by Gasteiger charge is -2.24. The molecule has 1 aliphatic rings. The van der Waals surface area contributed by atoms with E-state index in [0.29, 0.717) is 12.5 Å². The van der Waals surface area contributed by atoms with Gasteiger partial charge in [-0.15, -0.1) is 24.0 Å². The molecule has 0 bridgehead atoms. The third-order valence-electron chi connectivity index (χ3n) is 5.76. The van der Waals surface area contributed by atoms with Crippen molar-refractivity contribution < 1.29 is 4.79 Å². The first-order valence-corrected chi connectivity index (χ1v) is 11.1. The first kappa shape index (κ1) is 25.2. The molecule has 1 saturated carbocycles. The van der Waals surface area contributed by atoms with Crippen molar-refractivity contribution in [2.45, 2.75) is 38.0 Å². The maximum atomic E-state index is 11.9. The molecule has 5 nitrogen and oxygen atoms in total. The Balaban J connectivity index is 0.00000341. The van der Waals surface area contributed by atoms with Crippen LogP contribution in [0.4, 0.5) is 0 Å². The van der Waals surface area contributed by atoms with E-state index in [1.54, 1.807) is 7.05 Å². The molecule has 0 heterocycles. The first-order valence-electron chi connectivity index (χ1n) is 11.1. The van der Waals surface area contributed by atoms with Gasteiger partial charge in [-0.3, -0.25) is 9.79 Å². The monoisotopic (exact) mass is 534 g/mol. The average Bonchev–Trinajstić information content (AvgIpc) is 2.74. The van der Waals surface area contributed by atoms with Crippen molar-refractivity contribution >= 4 is 35.8 Å². The third kappa shape index (κ3) is 8.51. The Morgan fingerprint density at radius 2 is 1.61 bits per heavy atom. The number of amides is 1. The Morgan fingerprint density at radius 3 is 2.23 bits per heavy atom. The minimum atomic E-state index is 0. The van der Waals surface area contributed by atoms with E-state index in [1.165, 1.54) is 17.5 Å². The number of rotatable bonds is 10. The van der Waals surface area contributed by atoms with E-state index in [-0.39, 0.29) is 35.8 Å². The molecule has 0 aliphatic heterocycles. The zero-order valence-electron chi connectivity index (χ0n) is 18.3. The molecule has 1 amide bonds. The van der Waals surface area contributed by atoms with Gasteiger partial charge in [-0.05, 0) is 36.8 Å². The smallest absolute Gasteiger partial charge is 0.223 e. The second-order valence-electron chi connectivity index (χ2n) is 7.95. The van der Waals surface area contributed by atoms with Crippen LogP contribution in [0.15, 0.2) is 65.7 Å². The molecule has 1 aliphatic carbocycles. The number of benzene rings is 2. The number of nitrogens with zero attached hydrogens (tertiary/aromatic N) is 1. The number of carbonyl (C=O) groups excluding carboxylic acids is 1. The summed E-state index contributed by atoms with van der Waals surface area (Å²) in [7, 11) is 1.79. The van der Waals surface area contributed by atoms with Crippen LogP contribution in [-0.4, -0.2) is 38.5 Å². The summed E-state index contributed by atoms with van der Waals surface area (Å²) in [5.74, 6) is 1.63. The molecule has 3 N–H and O–H groups in total. The van der Waals surface area contributed by atoms with Crippen molar-refractivity contribution in [3.63, 3.8) is 0 Å². The maximum absolute atomic E-state index is 11.9. The number of nitrogens with one attached hydrogen (secondary N) is 3. The molecular weight excluding hydrogens is 499 g/mol. The molecule has 6 heteroatoms. The molecule has 2 aromatic carbocycles. The quantitative estimate of drug-likeness (QED) is 0.186. The Bertz CT molecular complexity index is 794. The number of carbonyl (C=O) groups is 1. The molecule has 0 radical (unpaired) electrons. The van der Waals surface area contributed by atoms with Crippen LogP contribution in [-0.2, 0) is 11.2 Å². The van der Waals surface area contributed by atoms with Crippen molar-refractivity contribution in [1.82, 2.24) is 16.0 Å². The van der Waals surface area contributed by atoms with Gasteiger partial charge in [0.05, 0.1) is 0 Å². The lowest BCUT2D eigenvalue weighted by atomic mass is 9.85. The van der Waals surface area contributed by atoms with Crippen molar-refractivity contribution in [2.24, 2.45) is 10.9 Å². The van der Waals surface area contributed by atoms with E-state index >= 15 is 0 Å². The molecule has 3 rings (SSSR count). The topological polar surface area (TPSA) is 65.5 Å². The van der Waals surface area contributed by atoms with Gasteiger partial charge in [-0.1, -0.05) is 67.1 Å². The second-order valence-corrected chi connectivity index (χ2v) is 7.95. The Kier molecular flexibility index (Phi) is 11.4. The normalized spacial score (nSPS) is 14.7. The van der Waals surface area contributed by atoms with Crippen LogP contribution in [0.2, 0.25) is 0 Å². The van der Waals surface area contributed by atoms with Crippen molar-refractivity contribution in [2.75, 3.05) is 26.7 Å². The fourth-order valence-corrected chi connectivity index (χ4v) is 3.69. The highest BCUT2D eigenvalue weighted by Gasteiger charge is 2.24. The minimum Gasteiger partial charge on any atom is -0.356 e. The predicted molar refractivity (Wildman–Crippen MR) is 139 cm³/mol. The fourth-order valence-electron chi connectivity index (χ4n) is 3.69. The van der Waals surface area contributed by atoms with Crippen LogP contribution in [0.1, 0.15) is 42.7 Å². The molecule has 0 spiro atoms. The van der Waals surface area contributed by atoms with E-state index < -0.39 is 0 Å². The van der Waals surface area contributed by atoms with Crippen LogP contribution < -0.4 is 16.0 Å². The van der Waals surface area contributed by atoms with E-state index in [9.17, 15) is 4.79 Å². The molecule has 0 aromatic heterocycles. The zero-order valence-corrected chi connectivity index (χ0v) is 20.7. The Morgan fingerprint density at radius 1 is 0.968 bits per heavy atom. The third-order valence-corrected chi connectivity index (χ3v) is 5.76. The number of aliphatic imine (C=N–C) groups is 1. The van der Waals surface area contributed by atoms with Gasteiger partial charge < -0.3 is 16.0 Å². The summed E-state index contributed by atoms with van der Waals surface area (Å²) in [6.45, 7) is 2.29. The van der Waals surface area contributed by atoms with Gasteiger partial charge in [-0.25, -0.2) is 0 Å². The van der Waals surface area contributed by atoms with Gasteiger partial charge >= 0.3 is 0 Å². The number of guanidine groups is 1. The van der Waals surface area contributed by atoms with Gasteiger partial charge in [0.1, 0.15) is 0 Å². The Hall–Kier alpha value is -2.09. The first-order chi connectivity index (χ1) is 14.8. The zero-order chi connectivity index (χ0) is 21.0. The number of hydrogen-bond acceptors (Lipinski definition) is 2. The van der Waals surface area contributed by atoms with Crippen molar-refractivity contribution in [3.05, 3.63) is 71.8 Å². The summed E-state index contributed by atoms with van der Waals surface area (Å²) in [4.78, 5) is 16.2. The standard InChI is InChI=1S/C25H34N4O.HI/c1-26-25(28-17-9-16-27-24(30)22-14-8-15-22)29-19-23(21-12-6-3-7-13-21)18-20-10-4-2-5-11-20;/h2-7,10-13,22-23H,8-9,14-19H2,1H3,(H,27,30)(H2,26,28,29);1H. The van der Waals surface area contributed by atoms with Crippen molar-refractivity contribution in [3.8, 4) is 0 Å². The highest BCUT2D eigenvalue weighted by molar-refractivity contribution is 14.0. The fraction of sp³-hybridized carbons (Fsp3) is 0.440. The van der Waals surface area contributed by atoms with Gasteiger partial charge in [-0.2, -0.15) is 0 Å². The largest absolute Gasteiger partial charge is 0.356 e. The Labute approximate surface area is 203 Å². The molecule has 1 atom stereocenters. The maximum Gasteiger partial charge on any atom is 0.223 e. The van der Waals surface area contributed by atoms with E-state index in [2.05, 4.69) is 81.6 Å². The summed E-state index contributed by atoms with van der Waals surface area (Å²) in [5, 5.41) is 9.87. The van der Waals surface area contributed by atoms with Gasteiger partial charge in [0.15, 0.2) is 5.96 Å². The molecular formula is C25H35IN4O. The molecule has 31 heavy (non-hydrogen) atoms. The average molecular weight is 534 g/mol. The summed E-state index contributed by atoms with van der Waals surface area (Å²) < 4.78 is 0. The minimum absolute atomic E-state index is 0. The molecule has 1 unspecified atom stereocenters. The van der Waals surface area contributed by atoms with Gasteiger partial charge in [0, 0.05) is 38.5 Å². The lowest BCUT2D eigenvalue weighted by Crippen LogP contribution is -2.41. The highest BCUT2D eigenvalue weighted by atomic mass is 127. The molecule has 1 fully saturated rings. The number of hydrogen-bond donors (Lipinski definition) is 3. The lowest BCUT2D eigenvalue weighted by molar-refractivity contribution is -0.127. The van der Waals surface area contributed by atoms with E-state index in [1.807, 2.05) is 0 Å². The summed E-state index contributed by atoms with van der Waals surface area (Å²) in [5.41, 5.74) is 2.65. The van der Waals surface area contributed by atoms with E-state index in [0.717, 1.165) is 44.7 Å². The molecule has 0 saturated heterocycles. The van der Waals surface area contributed by atoms with Crippen LogP contribution in [0.25, 0.3) is 0 Å². The second kappa shape index (κ2) is 14.1. The van der Waals surface area contributed by atoms with Gasteiger partial charge in [0.25, 0.3) is 0 Å². The van der Waals surface area contributed by atoms with E-state index in [4.69, 9.17) is 0 Å². The predicted octanol–water partition coefficient (Wildman–Crippen LogP) is 4.10. The van der Waals surface area contributed by atoms with Crippen LogP contribution >= 0.6 is 24.0 Å². The highest BCUT2D eigenvalue weighted by Crippen LogP contribution is 2.26. The summed E-state index contributed by atoms with van der Waals surface area (Å²) >= 11 is 0. The summed E-state index contributed by atoms with van der Waals surface area (Å²) in [6.07, 6.45) is 5.14.